The molecule has 2 aliphatic heterocycles. The number of nitrogens with one attached hydrogen (secondary N) is 1. The first-order chi connectivity index (χ1) is 15.3. The Labute approximate surface area is 183 Å². The first kappa shape index (κ1) is 22.3. The summed E-state index contributed by atoms with van der Waals surface area (Å²) in [6, 6.07) is 4.86. The highest BCUT2D eigenvalue weighted by Crippen LogP contribution is 2.31. The van der Waals surface area contributed by atoms with Gasteiger partial charge in [0.1, 0.15) is 11.8 Å². The minimum Gasteiger partial charge on any atom is -0.443 e. The summed E-state index contributed by atoms with van der Waals surface area (Å²) >= 11 is 0. The Kier molecular flexibility index (Phi) is 6.24. The predicted octanol–water partition coefficient (Wildman–Crippen LogP) is 0.659. The van der Waals surface area contributed by atoms with Crippen LogP contribution in [-0.4, -0.2) is 69.3 Å². The second kappa shape index (κ2) is 8.94. The van der Waals surface area contributed by atoms with E-state index in [9.17, 15) is 22.0 Å². The molecule has 172 valence electrons. The van der Waals surface area contributed by atoms with Gasteiger partial charge in [0, 0.05) is 57.3 Å². The Balaban J connectivity index is 1.53. The summed E-state index contributed by atoms with van der Waals surface area (Å²) in [5.41, 5.74) is 8.02. The van der Waals surface area contributed by atoms with E-state index in [0.717, 1.165) is 21.4 Å². The van der Waals surface area contributed by atoms with E-state index < -0.39 is 33.9 Å². The number of anilines is 2. The quantitative estimate of drug-likeness (QED) is 0.657. The Morgan fingerprint density at radius 1 is 1.16 bits per heavy atom. The van der Waals surface area contributed by atoms with Crippen molar-refractivity contribution in [1.82, 2.24) is 14.8 Å². The molecule has 0 aliphatic carbocycles. The van der Waals surface area contributed by atoms with Gasteiger partial charge in [-0.1, -0.05) is 0 Å². The molecule has 2 aliphatic rings. The number of ether oxygens (including phenoxy) is 1. The highest BCUT2D eigenvalue weighted by atomic mass is 32.2. The number of aromatic nitrogens is 1. The van der Waals surface area contributed by atoms with Crippen LogP contribution in [0.15, 0.2) is 41.6 Å². The molecule has 2 aromatic rings. The summed E-state index contributed by atoms with van der Waals surface area (Å²) in [5.74, 6) is -1.73. The molecule has 2 saturated heterocycles. The Bertz CT molecular complexity index is 1080. The highest BCUT2D eigenvalue weighted by Gasteiger charge is 2.33. The molecule has 10 nitrogen and oxygen atoms in total. The van der Waals surface area contributed by atoms with E-state index in [1.807, 2.05) is 0 Å². The number of rotatable bonds is 5. The number of nitrogens with two attached hydrogens (primary N) is 1. The van der Waals surface area contributed by atoms with Crippen LogP contribution in [0.5, 0.6) is 0 Å². The lowest BCUT2D eigenvalue weighted by Gasteiger charge is -2.25. The van der Waals surface area contributed by atoms with Crippen LogP contribution in [0.2, 0.25) is 0 Å². The van der Waals surface area contributed by atoms with E-state index in [1.165, 1.54) is 29.4 Å². The van der Waals surface area contributed by atoms with E-state index in [2.05, 4.69) is 10.4 Å². The Morgan fingerprint density at radius 3 is 2.47 bits per heavy atom. The first-order valence-corrected chi connectivity index (χ1v) is 11.3. The topological polar surface area (TPSA) is 121 Å². The highest BCUT2D eigenvalue weighted by molar-refractivity contribution is 7.89. The van der Waals surface area contributed by atoms with Crippen molar-refractivity contribution < 1.29 is 26.7 Å². The number of hydrazine groups is 1. The van der Waals surface area contributed by atoms with Crippen LogP contribution in [-0.2, 0) is 14.8 Å². The van der Waals surface area contributed by atoms with Gasteiger partial charge in [-0.2, -0.15) is 0 Å². The predicted molar refractivity (Wildman–Crippen MR) is 111 cm³/mol. The molecule has 1 aromatic heterocycles. The summed E-state index contributed by atoms with van der Waals surface area (Å²) in [7, 11) is -3.84. The molecule has 32 heavy (non-hydrogen) atoms. The number of benzene rings is 1. The lowest BCUT2D eigenvalue weighted by atomic mass is 10.2. The molecule has 0 bridgehead atoms. The van der Waals surface area contributed by atoms with Crippen molar-refractivity contribution in [3.05, 3.63) is 48.3 Å². The van der Waals surface area contributed by atoms with Gasteiger partial charge in [0.2, 0.25) is 0 Å². The van der Waals surface area contributed by atoms with Crippen molar-refractivity contribution in [2.24, 2.45) is 5.73 Å². The van der Waals surface area contributed by atoms with Crippen molar-refractivity contribution in [2.75, 3.05) is 49.1 Å². The van der Waals surface area contributed by atoms with Crippen molar-refractivity contribution >= 4 is 27.5 Å². The van der Waals surface area contributed by atoms with Crippen molar-refractivity contribution in [3.63, 3.8) is 0 Å². The number of hydrogen-bond acceptors (Lipinski definition) is 8. The summed E-state index contributed by atoms with van der Waals surface area (Å²) in [6.07, 6.45) is 1.48. The van der Waals surface area contributed by atoms with Crippen LogP contribution in [0.1, 0.15) is 0 Å². The van der Waals surface area contributed by atoms with Crippen LogP contribution in [0.25, 0.3) is 0 Å². The third kappa shape index (κ3) is 4.24. The fourth-order valence-electron chi connectivity index (χ4n) is 3.64. The van der Waals surface area contributed by atoms with Crippen molar-refractivity contribution in [1.29, 1.82) is 0 Å². The second-order valence-electron chi connectivity index (χ2n) is 7.27. The molecular formula is C19H22F2N6O4S. The number of carbonyl (C=O) groups excluding carboxylic acids is 1. The first-order valence-electron chi connectivity index (χ1n) is 9.89. The van der Waals surface area contributed by atoms with Gasteiger partial charge in [0.05, 0.1) is 17.1 Å². The van der Waals surface area contributed by atoms with Gasteiger partial charge in [-0.25, -0.2) is 27.4 Å². The number of cyclic esters (lactones) is 1. The van der Waals surface area contributed by atoms with Crippen molar-refractivity contribution in [2.45, 2.75) is 11.0 Å². The molecule has 1 atom stereocenters. The fourth-order valence-corrected chi connectivity index (χ4v) is 4.95. The number of hydrogen-bond donors (Lipinski definition) is 2. The van der Waals surface area contributed by atoms with Crippen LogP contribution in [0.3, 0.4) is 0 Å². The summed E-state index contributed by atoms with van der Waals surface area (Å²) in [6.45, 7) is 0.513. The third-order valence-electron chi connectivity index (χ3n) is 5.25. The molecule has 0 unspecified atom stereocenters. The number of carbonyl (C=O) groups is 1. The molecule has 13 heteroatoms. The standard InChI is InChI=1S/C19H22F2N6O4S/c20-16-9-13(26-12-14(11-22)31-19(26)28)10-17(21)18(16)25-6-5-24-27(8-7-25)32(29,30)15-1-3-23-4-2-15/h1-4,9-10,14,24H,5-8,11-12,22H2/t14-/m0/s1. The number of sulfonamides is 1. The lowest BCUT2D eigenvalue weighted by molar-refractivity contribution is 0.145. The van der Waals surface area contributed by atoms with Gasteiger partial charge < -0.3 is 15.4 Å². The zero-order valence-corrected chi connectivity index (χ0v) is 17.8. The average Bonchev–Trinajstić information content (AvgIpc) is 2.98. The van der Waals surface area contributed by atoms with Gasteiger partial charge in [0.25, 0.3) is 10.0 Å². The Morgan fingerprint density at radius 2 is 1.84 bits per heavy atom. The molecule has 1 amide bonds. The molecule has 0 spiro atoms. The van der Waals surface area contributed by atoms with E-state index in [0.29, 0.717) is 0 Å². The monoisotopic (exact) mass is 468 g/mol. The van der Waals surface area contributed by atoms with Crippen LogP contribution in [0.4, 0.5) is 25.0 Å². The summed E-state index contributed by atoms with van der Waals surface area (Å²) in [4.78, 5) is 18.4. The number of pyridine rings is 1. The van der Waals surface area contributed by atoms with Gasteiger partial charge in [0.15, 0.2) is 11.6 Å². The summed E-state index contributed by atoms with van der Waals surface area (Å²) < 4.78 is 61.6. The SMILES string of the molecule is NC[C@H]1CN(c2cc(F)c(N3CCNN(S(=O)(=O)c4ccncc4)CC3)c(F)c2)C(=O)O1. The normalized spacial score (nSPS) is 20.3. The minimum absolute atomic E-state index is 0.0274. The zero-order valence-electron chi connectivity index (χ0n) is 16.9. The smallest absolute Gasteiger partial charge is 0.414 e. The maximum Gasteiger partial charge on any atom is 0.414 e. The van der Waals surface area contributed by atoms with Gasteiger partial charge in [-0.15, -0.1) is 4.41 Å². The average molecular weight is 468 g/mol. The maximum absolute atomic E-state index is 14.9. The van der Waals surface area contributed by atoms with Gasteiger partial charge in [-0.3, -0.25) is 9.88 Å². The minimum atomic E-state index is -3.84. The summed E-state index contributed by atoms with van der Waals surface area (Å²) in [5, 5.41) is 0. The van der Waals surface area contributed by atoms with Crippen LogP contribution >= 0.6 is 0 Å². The number of nitrogens with zero attached hydrogens (tertiary/aromatic N) is 4. The second-order valence-corrected chi connectivity index (χ2v) is 9.13. The Hall–Kier alpha value is -2.87. The molecule has 3 heterocycles. The third-order valence-corrected chi connectivity index (χ3v) is 7.01. The molecule has 2 fully saturated rings. The molecular weight excluding hydrogens is 446 g/mol. The van der Waals surface area contributed by atoms with Gasteiger partial charge >= 0.3 is 6.09 Å². The number of halogens is 2. The fraction of sp³-hybridized carbons (Fsp3) is 0.368. The zero-order chi connectivity index (χ0) is 22.9. The molecule has 0 saturated carbocycles. The van der Waals surface area contributed by atoms with E-state index in [-0.39, 0.29) is 55.5 Å². The molecule has 0 radical (unpaired) electrons. The van der Waals surface area contributed by atoms with Crippen LogP contribution < -0.4 is 21.0 Å². The van der Waals surface area contributed by atoms with Crippen molar-refractivity contribution in [3.8, 4) is 0 Å². The van der Waals surface area contributed by atoms with Crippen LogP contribution in [0, 0.1) is 11.6 Å². The molecule has 1 aromatic carbocycles. The van der Waals surface area contributed by atoms with E-state index in [1.54, 1.807) is 0 Å². The van der Waals surface area contributed by atoms with E-state index in [4.69, 9.17) is 10.5 Å². The molecule has 3 N–H and O–H groups in total. The lowest BCUT2D eigenvalue weighted by Crippen LogP contribution is -2.43. The largest absolute Gasteiger partial charge is 0.443 e. The van der Waals surface area contributed by atoms with E-state index >= 15 is 0 Å². The maximum atomic E-state index is 14.9. The number of amides is 1. The van der Waals surface area contributed by atoms with Gasteiger partial charge in [-0.05, 0) is 12.1 Å². The molecule has 4 rings (SSSR count).